The van der Waals surface area contributed by atoms with Crippen molar-refractivity contribution in [1.29, 1.82) is 0 Å². The highest BCUT2D eigenvalue weighted by Gasteiger charge is 2.34. The van der Waals surface area contributed by atoms with E-state index in [1.165, 1.54) is 31.1 Å². The number of hydrogen-bond acceptors (Lipinski definition) is 3. The molecule has 6 heteroatoms. The van der Waals surface area contributed by atoms with E-state index in [9.17, 15) is 14.0 Å². The Balaban J connectivity index is 1.59. The minimum Gasteiger partial charge on any atom is -0.354 e. The van der Waals surface area contributed by atoms with Crippen LogP contribution in [0.15, 0.2) is 30.3 Å². The molecule has 122 valence electrons. The predicted molar refractivity (Wildman–Crippen MR) is 89.1 cm³/mol. The number of benzene rings is 1. The van der Waals surface area contributed by atoms with Gasteiger partial charge in [-0.3, -0.25) is 9.59 Å². The second-order valence-corrected chi connectivity index (χ2v) is 6.90. The molecule has 1 atom stereocenters. The Bertz CT molecular complexity index is 631. The zero-order valence-electron chi connectivity index (χ0n) is 12.7. The standard InChI is InChI=1S/C17H19FN2O2S/c18-14-3-1-2-12(8-14)6-7-16(21)20-11-23-10-15(20)17(22)19-9-13-4-5-13/h1-3,6-8,13,15H,4-5,9-11H2,(H,19,22). The second-order valence-electron chi connectivity index (χ2n) is 5.90. The molecule has 0 bridgehead atoms. The Morgan fingerprint density at radius 3 is 2.96 bits per heavy atom. The van der Waals surface area contributed by atoms with Crippen molar-refractivity contribution in [3.63, 3.8) is 0 Å². The van der Waals surface area contributed by atoms with E-state index in [0.29, 0.717) is 29.7 Å². The van der Waals surface area contributed by atoms with Crippen LogP contribution in [0.25, 0.3) is 6.08 Å². The smallest absolute Gasteiger partial charge is 0.247 e. The van der Waals surface area contributed by atoms with E-state index in [4.69, 9.17) is 0 Å². The normalized spacial score (nSPS) is 20.9. The average molecular weight is 334 g/mol. The lowest BCUT2D eigenvalue weighted by Crippen LogP contribution is -2.47. The molecular weight excluding hydrogens is 315 g/mol. The fourth-order valence-corrected chi connectivity index (χ4v) is 3.60. The number of hydrogen-bond donors (Lipinski definition) is 1. The Labute approximate surface area is 139 Å². The van der Waals surface area contributed by atoms with Crippen LogP contribution in [0.3, 0.4) is 0 Å². The fraction of sp³-hybridized carbons (Fsp3) is 0.412. The van der Waals surface area contributed by atoms with E-state index in [2.05, 4.69) is 5.32 Å². The van der Waals surface area contributed by atoms with Crippen LogP contribution in [-0.4, -0.2) is 40.9 Å². The summed E-state index contributed by atoms with van der Waals surface area (Å²) in [6.07, 6.45) is 5.34. The van der Waals surface area contributed by atoms with Gasteiger partial charge in [-0.15, -0.1) is 11.8 Å². The third-order valence-corrected chi connectivity index (χ3v) is 5.01. The summed E-state index contributed by atoms with van der Waals surface area (Å²) in [5.41, 5.74) is 0.625. The van der Waals surface area contributed by atoms with Gasteiger partial charge in [0.2, 0.25) is 11.8 Å². The topological polar surface area (TPSA) is 49.4 Å². The van der Waals surface area contributed by atoms with Gasteiger partial charge in [0, 0.05) is 18.4 Å². The summed E-state index contributed by atoms with van der Waals surface area (Å²) in [6.45, 7) is 0.709. The number of amides is 2. The zero-order chi connectivity index (χ0) is 16.2. The van der Waals surface area contributed by atoms with Gasteiger partial charge < -0.3 is 10.2 Å². The van der Waals surface area contributed by atoms with Gasteiger partial charge in [0.25, 0.3) is 0 Å². The van der Waals surface area contributed by atoms with Gasteiger partial charge in [-0.05, 0) is 42.5 Å². The lowest BCUT2D eigenvalue weighted by molar-refractivity contribution is -0.134. The first-order valence-electron chi connectivity index (χ1n) is 7.73. The van der Waals surface area contributed by atoms with E-state index < -0.39 is 6.04 Å². The lowest BCUT2D eigenvalue weighted by atomic mass is 10.2. The van der Waals surface area contributed by atoms with Crippen LogP contribution in [0.5, 0.6) is 0 Å². The van der Waals surface area contributed by atoms with Crippen LogP contribution in [-0.2, 0) is 9.59 Å². The number of halogens is 1. The summed E-state index contributed by atoms with van der Waals surface area (Å²) >= 11 is 1.57. The third-order valence-electron chi connectivity index (χ3n) is 4.00. The number of carbonyl (C=O) groups excluding carboxylic acids is 2. The Morgan fingerprint density at radius 1 is 1.39 bits per heavy atom. The quantitative estimate of drug-likeness (QED) is 0.841. The number of nitrogens with zero attached hydrogens (tertiary/aromatic N) is 1. The maximum absolute atomic E-state index is 13.1. The van der Waals surface area contributed by atoms with Crippen LogP contribution < -0.4 is 5.32 Å². The van der Waals surface area contributed by atoms with Gasteiger partial charge in [-0.1, -0.05) is 12.1 Å². The SMILES string of the molecule is O=C(NCC1CC1)C1CSCN1C(=O)C=Cc1cccc(F)c1. The van der Waals surface area contributed by atoms with Gasteiger partial charge >= 0.3 is 0 Å². The summed E-state index contributed by atoms with van der Waals surface area (Å²) in [7, 11) is 0. The maximum atomic E-state index is 13.1. The van der Waals surface area contributed by atoms with Crippen molar-refractivity contribution in [3.05, 3.63) is 41.7 Å². The van der Waals surface area contributed by atoms with Crippen LogP contribution >= 0.6 is 11.8 Å². The minimum absolute atomic E-state index is 0.0746. The van der Waals surface area contributed by atoms with Crippen molar-refractivity contribution in [2.45, 2.75) is 18.9 Å². The molecule has 1 heterocycles. The van der Waals surface area contributed by atoms with Gasteiger partial charge in [-0.2, -0.15) is 0 Å². The molecule has 4 nitrogen and oxygen atoms in total. The molecule has 3 rings (SSSR count). The maximum Gasteiger partial charge on any atom is 0.247 e. The summed E-state index contributed by atoms with van der Waals surface area (Å²) in [5, 5.41) is 2.93. The number of thioether (sulfide) groups is 1. The molecule has 1 aromatic rings. The zero-order valence-corrected chi connectivity index (χ0v) is 13.5. The molecule has 23 heavy (non-hydrogen) atoms. The van der Waals surface area contributed by atoms with E-state index in [-0.39, 0.29) is 17.6 Å². The van der Waals surface area contributed by atoms with Crippen LogP contribution in [0.2, 0.25) is 0 Å². The number of nitrogens with one attached hydrogen (secondary N) is 1. The molecule has 1 unspecified atom stereocenters. The van der Waals surface area contributed by atoms with Crippen LogP contribution in [0, 0.1) is 11.7 Å². The first-order valence-corrected chi connectivity index (χ1v) is 8.88. The van der Waals surface area contributed by atoms with E-state index in [0.717, 1.165) is 0 Å². The fourth-order valence-electron chi connectivity index (χ4n) is 2.44. The van der Waals surface area contributed by atoms with Gasteiger partial charge in [0.05, 0.1) is 5.88 Å². The highest BCUT2D eigenvalue weighted by Crippen LogP contribution is 2.28. The monoisotopic (exact) mass is 334 g/mol. The summed E-state index contributed by atoms with van der Waals surface area (Å²) in [6, 6.07) is 5.63. The van der Waals surface area contributed by atoms with Crippen LogP contribution in [0.4, 0.5) is 4.39 Å². The molecule has 1 aliphatic heterocycles. The number of carbonyl (C=O) groups is 2. The molecule has 0 aromatic heterocycles. The highest BCUT2D eigenvalue weighted by molar-refractivity contribution is 7.99. The Hall–Kier alpha value is -1.82. The van der Waals surface area contributed by atoms with E-state index in [1.807, 2.05) is 0 Å². The highest BCUT2D eigenvalue weighted by atomic mass is 32.2. The molecular formula is C17H19FN2O2S. The predicted octanol–water partition coefficient (Wildman–Crippen LogP) is 2.27. The average Bonchev–Trinajstić information content (AvgIpc) is 3.24. The van der Waals surface area contributed by atoms with E-state index >= 15 is 0 Å². The van der Waals surface area contributed by atoms with Crippen molar-refractivity contribution in [2.75, 3.05) is 18.2 Å². The van der Waals surface area contributed by atoms with Crippen molar-refractivity contribution >= 4 is 29.7 Å². The van der Waals surface area contributed by atoms with Gasteiger partial charge in [0.15, 0.2) is 0 Å². The Kier molecular flexibility index (Phi) is 5.00. The molecule has 1 saturated carbocycles. The molecule has 2 amide bonds. The summed E-state index contributed by atoms with van der Waals surface area (Å²) < 4.78 is 13.1. The van der Waals surface area contributed by atoms with Gasteiger partial charge in [-0.25, -0.2) is 4.39 Å². The lowest BCUT2D eigenvalue weighted by Gasteiger charge is -2.21. The first kappa shape index (κ1) is 16.1. The molecule has 0 spiro atoms. The molecule has 2 fully saturated rings. The second kappa shape index (κ2) is 7.17. The van der Waals surface area contributed by atoms with Crippen LogP contribution in [0.1, 0.15) is 18.4 Å². The van der Waals surface area contributed by atoms with E-state index in [1.54, 1.807) is 34.9 Å². The van der Waals surface area contributed by atoms with Crippen molar-refractivity contribution in [2.24, 2.45) is 5.92 Å². The molecule has 1 saturated heterocycles. The Morgan fingerprint density at radius 2 is 2.22 bits per heavy atom. The van der Waals surface area contributed by atoms with Crippen molar-refractivity contribution in [1.82, 2.24) is 10.2 Å². The first-order chi connectivity index (χ1) is 11.1. The molecule has 0 radical (unpaired) electrons. The number of rotatable bonds is 5. The van der Waals surface area contributed by atoms with Gasteiger partial charge in [0.1, 0.15) is 11.9 Å². The minimum atomic E-state index is -0.414. The summed E-state index contributed by atoms with van der Waals surface area (Å²) in [5.74, 6) is 1.11. The summed E-state index contributed by atoms with van der Waals surface area (Å²) in [4.78, 5) is 26.1. The third kappa shape index (κ3) is 4.34. The largest absolute Gasteiger partial charge is 0.354 e. The molecule has 1 aliphatic carbocycles. The molecule has 2 aliphatic rings. The molecule has 1 N–H and O–H groups in total. The van der Waals surface area contributed by atoms with Crippen molar-refractivity contribution < 1.29 is 14.0 Å². The van der Waals surface area contributed by atoms with Crippen molar-refractivity contribution in [3.8, 4) is 0 Å². The molecule has 1 aromatic carbocycles.